The van der Waals surface area contributed by atoms with E-state index in [1.54, 1.807) is 7.11 Å². The van der Waals surface area contributed by atoms with Crippen molar-refractivity contribution in [3.63, 3.8) is 0 Å². The van der Waals surface area contributed by atoms with Crippen LogP contribution in [-0.2, 0) is 6.61 Å². The summed E-state index contributed by atoms with van der Waals surface area (Å²) in [4.78, 5) is 0. The smallest absolute Gasteiger partial charge is 0.148 e. The molecule has 0 aromatic heterocycles. The molecule has 0 heterocycles. The molecule has 2 aromatic carbocycles. The van der Waals surface area contributed by atoms with Gasteiger partial charge in [0.25, 0.3) is 0 Å². The molecule has 2 nitrogen and oxygen atoms in total. The van der Waals surface area contributed by atoms with E-state index in [4.69, 9.17) is 9.47 Å². The molecule has 0 unspecified atom stereocenters. The van der Waals surface area contributed by atoms with Gasteiger partial charge in [0.15, 0.2) is 0 Å². The molecule has 100 valence electrons. The molecule has 0 fully saturated rings. The molecule has 0 aliphatic rings. The number of benzene rings is 2. The molecule has 0 bridgehead atoms. The van der Waals surface area contributed by atoms with E-state index in [1.807, 2.05) is 36.4 Å². The molecule has 0 aliphatic carbocycles. The molecule has 5 heteroatoms. The lowest BCUT2D eigenvalue weighted by Gasteiger charge is -2.12. The predicted molar refractivity (Wildman–Crippen MR) is 86.9 cm³/mol. The van der Waals surface area contributed by atoms with Crippen LogP contribution in [0.3, 0.4) is 0 Å². The second-order valence-corrected chi connectivity index (χ2v) is 6.36. The maximum atomic E-state index is 5.85. The van der Waals surface area contributed by atoms with Gasteiger partial charge in [0.2, 0.25) is 0 Å². The van der Waals surface area contributed by atoms with Crippen molar-refractivity contribution in [1.29, 1.82) is 0 Å². The zero-order valence-electron chi connectivity index (χ0n) is 10.1. The summed E-state index contributed by atoms with van der Waals surface area (Å²) in [5.74, 6) is 1.60. The molecule has 0 aliphatic heterocycles. The molecule has 0 saturated carbocycles. The van der Waals surface area contributed by atoms with Gasteiger partial charge in [-0.25, -0.2) is 0 Å². The molecule has 0 spiro atoms. The fourth-order valence-electron chi connectivity index (χ4n) is 1.56. The monoisotopic (exact) mass is 448 g/mol. The highest BCUT2D eigenvalue weighted by Gasteiger charge is 2.08. The van der Waals surface area contributed by atoms with Crippen molar-refractivity contribution >= 4 is 47.8 Å². The van der Waals surface area contributed by atoms with Crippen molar-refractivity contribution < 1.29 is 9.47 Å². The van der Waals surface area contributed by atoms with Crippen molar-refractivity contribution in [2.24, 2.45) is 0 Å². The maximum Gasteiger partial charge on any atom is 0.148 e. The maximum absolute atomic E-state index is 5.85. The zero-order chi connectivity index (χ0) is 13.8. The van der Waals surface area contributed by atoms with E-state index in [-0.39, 0.29) is 0 Å². The summed E-state index contributed by atoms with van der Waals surface area (Å²) in [5, 5.41) is 0. The van der Waals surface area contributed by atoms with Gasteiger partial charge < -0.3 is 9.47 Å². The Hall–Kier alpha value is -0.520. The Labute approximate surface area is 137 Å². The fraction of sp³-hybridized carbons (Fsp3) is 0.143. The van der Waals surface area contributed by atoms with Gasteiger partial charge in [-0.3, -0.25) is 0 Å². The van der Waals surface area contributed by atoms with Crippen molar-refractivity contribution in [3.05, 3.63) is 55.4 Å². The van der Waals surface area contributed by atoms with E-state index in [1.165, 1.54) is 0 Å². The molecule has 2 rings (SSSR count). The third kappa shape index (κ3) is 3.74. The molecular formula is C14H11Br3O2. The minimum absolute atomic E-state index is 0.457. The average molecular weight is 451 g/mol. The summed E-state index contributed by atoms with van der Waals surface area (Å²) in [6.07, 6.45) is 0. The highest BCUT2D eigenvalue weighted by molar-refractivity contribution is 9.11. The standard InChI is InChI=1S/C14H11Br3O2/c1-18-10-5-6-11(15)9(7-10)8-19-14-12(16)3-2-4-13(14)17/h2-7H,8H2,1H3. The Balaban J connectivity index is 2.19. The van der Waals surface area contributed by atoms with Crippen LogP contribution >= 0.6 is 47.8 Å². The van der Waals surface area contributed by atoms with Crippen LogP contribution in [0.25, 0.3) is 0 Å². The summed E-state index contributed by atoms with van der Waals surface area (Å²) in [6, 6.07) is 11.6. The second-order valence-electron chi connectivity index (χ2n) is 3.80. The Kier molecular flexibility index (Phi) is 5.30. The molecule has 0 N–H and O–H groups in total. The lowest BCUT2D eigenvalue weighted by molar-refractivity contribution is 0.300. The van der Waals surface area contributed by atoms with Crippen LogP contribution in [0.4, 0.5) is 0 Å². The van der Waals surface area contributed by atoms with E-state index in [2.05, 4.69) is 47.8 Å². The zero-order valence-corrected chi connectivity index (χ0v) is 14.9. The minimum Gasteiger partial charge on any atom is -0.497 e. The van der Waals surface area contributed by atoms with Crippen LogP contribution in [0.2, 0.25) is 0 Å². The predicted octanol–water partition coefficient (Wildman–Crippen LogP) is 5.56. The van der Waals surface area contributed by atoms with Gasteiger partial charge in [0, 0.05) is 10.0 Å². The lowest BCUT2D eigenvalue weighted by atomic mass is 10.2. The van der Waals surface area contributed by atoms with Crippen LogP contribution < -0.4 is 9.47 Å². The molecule has 2 aromatic rings. The lowest BCUT2D eigenvalue weighted by Crippen LogP contribution is -1.98. The first-order valence-corrected chi connectivity index (χ1v) is 7.89. The quantitative estimate of drug-likeness (QED) is 0.607. The van der Waals surface area contributed by atoms with E-state index in [9.17, 15) is 0 Å². The van der Waals surface area contributed by atoms with Gasteiger partial charge in [-0.05, 0) is 62.2 Å². The Morgan fingerprint density at radius 1 is 0.947 bits per heavy atom. The highest BCUT2D eigenvalue weighted by Crippen LogP contribution is 2.34. The van der Waals surface area contributed by atoms with E-state index < -0.39 is 0 Å². The normalized spacial score (nSPS) is 10.3. The third-order valence-corrected chi connectivity index (χ3v) is 4.57. The highest BCUT2D eigenvalue weighted by atomic mass is 79.9. The van der Waals surface area contributed by atoms with Gasteiger partial charge in [-0.2, -0.15) is 0 Å². The molecule has 0 atom stereocenters. The average Bonchev–Trinajstić information content (AvgIpc) is 2.40. The summed E-state index contributed by atoms with van der Waals surface area (Å²) >= 11 is 10.5. The third-order valence-electron chi connectivity index (χ3n) is 2.54. The van der Waals surface area contributed by atoms with Gasteiger partial charge in [-0.15, -0.1) is 0 Å². The number of hydrogen-bond acceptors (Lipinski definition) is 2. The first kappa shape index (κ1) is 14.9. The first-order valence-electron chi connectivity index (χ1n) is 5.51. The van der Waals surface area contributed by atoms with Crippen LogP contribution in [-0.4, -0.2) is 7.11 Å². The Bertz CT molecular complexity index is 565. The SMILES string of the molecule is COc1ccc(Br)c(COc2c(Br)cccc2Br)c1. The number of halogens is 3. The van der Waals surface area contributed by atoms with Crippen LogP contribution in [0.1, 0.15) is 5.56 Å². The molecule has 0 radical (unpaired) electrons. The van der Waals surface area contributed by atoms with Crippen molar-refractivity contribution in [2.45, 2.75) is 6.61 Å². The van der Waals surface area contributed by atoms with E-state index in [0.29, 0.717) is 6.61 Å². The minimum atomic E-state index is 0.457. The summed E-state index contributed by atoms with van der Waals surface area (Å²) in [7, 11) is 1.65. The summed E-state index contributed by atoms with van der Waals surface area (Å²) in [6.45, 7) is 0.457. The first-order chi connectivity index (χ1) is 9.11. The topological polar surface area (TPSA) is 18.5 Å². The fourth-order valence-corrected chi connectivity index (χ4v) is 3.15. The van der Waals surface area contributed by atoms with E-state index >= 15 is 0 Å². The molecular weight excluding hydrogens is 440 g/mol. The number of ether oxygens (including phenoxy) is 2. The van der Waals surface area contributed by atoms with Gasteiger partial charge >= 0.3 is 0 Å². The largest absolute Gasteiger partial charge is 0.497 e. The number of methoxy groups -OCH3 is 1. The second kappa shape index (κ2) is 6.77. The van der Waals surface area contributed by atoms with E-state index in [0.717, 1.165) is 30.5 Å². The molecule has 0 amide bonds. The summed E-state index contributed by atoms with van der Waals surface area (Å²) in [5.41, 5.74) is 1.03. The van der Waals surface area contributed by atoms with Crippen LogP contribution in [0, 0.1) is 0 Å². The van der Waals surface area contributed by atoms with Crippen molar-refractivity contribution in [3.8, 4) is 11.5 Å². The van der Waals surface area contributed by atoms with Crippen LogP contribution in [0.5, 0.6) is 11.5 Å². The van der Waals surface area contributed by atoms with Gasteiger partial charge in [-0.1, -0.05) is 22.0 Å². The molecule has 19 heavy (non-hydrogen) atoms. The van der Waals surface area contributed by atoms with Gasteiger partial charge in [0.05, 0.1) is 16.1 Å². The number of hydrogen-bond donors (Lipinski definition) is 0. The van der Waals surface area contributed by atoms with Crippen molar-refractivity contribution in [1.82, 2.24) is 0 Å². The number of para-hydroxylation sites is 1. The molecule has 0 saturated heterocycles. The number of rotatable bonds is 4. The Morgan fingerprint density at radius 2 is 1.63 bits per heavy atom. The van der Waals surface area contributed by atoms with Gasteiger partial charge in [0.1, 0.15) is 18.1 Å². The summed E-state index contributed by atoms with van der Waals surface area (Å²) < 4.78 is 13.9. The Morgan fingerprint density at radius 3 is 2.26 bits per heavy atom. The van der Waals surface area contributed by atoms with Crippen molar-refractivity contribution in [2.75, 3.05) is 7.11 Å². The van der Waals surface area contributed by atoms with Crippen LogP contribution in [0.15, 0.2) is 49.8 Å².